The molecule has 1 aromatic carbocycles. The molecule has 5 heteroatoms. The second-order valence-electron chi connectivity index (χ2n) is 5.82. The first kappa shape index (κ1) is 17.4. The van der Waals surface area contributed by atoms with E-state index in [1.807, 2.05) is 37.3 Å². The van der Waals surface area contributed by atoms with Gasteiger partial charge in [-0.15, -0.1) is 0 Å². The summed E-state index contributed by atoms with van der Waals surface area (Å²) in [5.74, 6) is -0.299. The van der Waals surface area contributed by atoms with Crippen LogP contribution in [0.5, 0.6) is 0 Å². The van der Waals surface area contributed by atoms with Gasteiger partial charge in [0.15, 0.2) is 8.32 Å². The van der Waals surface area contributed by atoms with Crippen molar-refractivity contribution in [2.45, 2.75) is 43.9 Å². The zero-order valence-corrected chi connectivity index (χ0v) is 15.4. The number of hydrogen-bond donors (Lipinski definition) is 0. The molecule has 3 nitrogen and oxygen atoms in total. The Bertz CT molecular complexity index is 440. The van der Waals surface area contributed by atoms with Gasteiger partial charge in [0.25, 0.3) is 0 Å². The van der Waals surface area contributed by atoms with Crippen LogP contribution in [0.1, 0.15) is 25.5 Å². The van der Waals surface area contributed by atoms with Gasteiger partial charge in [0.05, 0.1) is 12.7 Å². The summed E-state index contributed by atoms with van der Waals surface area (Å²) in [5.41, 5.74) is 0.974. The van der Waals surface area contributed by atoms with E-state index in [0.717, 1.165) is 5.56 Å². The molecular formula is C15H23BrO3Si. The lowest BCUT2D eigenvalue weighted by atomic mass is 9.97. The van der Waals surface area contributed by atoms with Crippen LogP contribution in [-0.2, 0) is 14.0 Å². The van der Waals surface area contributed by atoms with Crippen LogP contribution in [-0.4, -0.2) is 25.2 Å². The molecule has 1 aromatic rings. The number of halogens is 1. The first-order valence-corrected chi connectivity index (χ1v) is 11.0. The van der Waals surface area contributed by atoms with Gasteiger partial charge in [-0.05, 0) is 39.1 Å². The molecule has 0 saturated heterocycles. The summed E-state index contributed by atoms with van der Waals surface area (Å²) < 4.78 is 10.5. The zero-order valence-electron chi connectivity index (χ0n) is 12.8. The molecule has 0 saturated carbocycles. The smallest absolute Gasteiger partial charge is 0.325 e. The van der Waals surface area contributed by atoms with E-state index in [1.165, 1.54) is 0 Å². The van der Waals surface area contributed by atoms with Gasteiger partial charge in [-0.2, -0.15) is 0 Å². The molecule has 0 unspecified atom stereocenters. The fourth-order valence-corrected chi connectivity index (χ4v) is 3.58. The van der Waals surface area contributed by atoms with Crippen LogP contribution in [0.2, 0.25) is 19.6 Å². The van der Waals surface area contributed by atoms with Gasteiger partial charge in [-0.3, -0.25) is 4.79 Å². The Hall–Kier alpha value is -0.653. The Labute approximate surface area is 130 Å². The SMILES string of the molecule is CCOC(=O)[C@@](C)(Br)[C@H](O[Si](C)(C)C)c1ccccc1. The van der Waals surface area contributed by atoms with Gasteiger partial charge in [0.2, 0.25) is 0 Å². The quantitative estimate of drug-likeness (QED) is 0.432. The first-order valence-electron chi connectivity index (χ1n) is 6.77. The van der Waals surface area contributed by atoms with E-state index in [-0.39, 0.29) is 12.1 Å². The highest BCUT2D eigenvalue weighted by molar-refractivity contribution is 9.10. The third kappa shape index (κ3) is 4.72. The number of benzene rings is 1. The van der Waals surface area contributed by atoms with E-state index in [0.29, 0.717) is 6.61 Å². The number of rotatable bonds is 6. The largest absolute Gasteiger partial charge is 0.465 e. The summed E-state index contributed by atoms with van der Waals surface area (Å²) in [6.07, 6.45) is -0.366. The zero-order chi connectivity index (χ0) is 15.4. The molecule has 0 aliphatic heterocycles. The van der Waals surface area contributed by atoms with Crippen LogP contribution >= 0.6 is 15.9 Å². The minimum Gasteiger partial charge on any atom is -0.465 e. The van der Waals surface area contributed by atoms with Crippen molar-refractivity contribution in [2.75, 3.05) is 6.61 Å². The maximum atomic E-state index is 12.2. The van der Waals surface area contributed by atoms with Gasteiger partial charge >= 0.3 is 5.97 Å². The Morgan fingerprint density at radius 3 is 2.30 bits per heavy atom. The third-order valence-corrected chi connectivity index (χ3v) is 4.42. The third-order valence-electron chi connectivity index (χ3n) is 2.74. The van der Waals surface area contributed by atoms with E-state index >= 15 is 0 Å². The lowest BCUT2D eigenvalue weighted by molar-refractivity contribution is -0.148. The Morgan fingerprint density at radius 2 is 1.85 bits per heavy atom. The summed E-state index contributed by atoms with van der Waals surface area (Å²) >= 11 is 3.53. The standard InChI is InChI=1S/C15H23BrO3Si/c1-6-18-14(17)15(2,16)13(19-20(3,4)5)12-10-8-7-9-11-12/h7-11,13H,6H2,1-5H3/t13-,15+/m1/s1. The van der Waals surface area contributed by atoms with Crippen LogP contribution in [0.25, 0.3) is 0 Å². The average molecular weight is 359 g/mol. The number of carbonyl (C=O) groups excluding carboxylic acids is 1. The van der Waals surface area contributed by atoms with Crippen LogP contribution in [0.4, 0.5) is 0 Å². The monoisotopic (exact) mass is 358 g/mol. The minimum absolute atomic E-state index is 0.299. The van der Waals surface area contributed by atoms with Crippen molar-refractivity contribution in [3.05, 3.63) is 35.9 Å². The Balaban J connectivity index is 3.14. The molecular weight excluding hydrogens is 336 g/mol. The fraction of sp³-hybridized carbons (Fsp3) is 0.533. The number of esters is 1. The molecule has 0 aliphatic rings. The molecule has 0 spiro atoms. The lowest BCUT2D eigenvalue weighted by Crippen LogP contribution is -2.43. The van der Waals surface area contributed by atoms with Crippen LogP contribution in [0.15, 0.2) is 30.3 Å². The molecule has 0 amide bonds. The minimum atomic E-state index is -1.82. The van der Waals surface area contributed by atoms with Crippen molar-refractivity contribution >= 4 is 30.2 Å². The van der Waals surface area contributed by atoms with Crippen LogP contribution in [0.3, 0.4) is 0 Å². The highest BCUT2D eigenvalue weighted by Crippen LogP contribution is 2.39. The predicted molar refractivity (Wildman–Crippen MR) is 87.6 cm³/mol. The van der Waals surface area contributed by atoms with E-state index in [1.54, 1.807) is 6.92 Å². The fourth-order valence-electron chi connectivity index (χ4n) is 1.85. The molecule has 0 bridgehead atoms. The van der Waals surface area contributed by atoms with Crippen molar-refractivity contribution in [3.63, 3.8) is 0 Å². The van der Waals surface area contributed by atoms with Crippen molar-refractivity contribution in [3.8, 4) is 0 Å². The van der Waals surface area contributed by atoms with Gasteiger partial charge in [-0.1, -0.05) is 46.3 Å². The summed E-state index contributed by atoms with van der Waals surface area (Å²) in [7, 11) is -1.82. The van der Waals surface area contributed by atoms with Crippen molar-refractivity contribution < 1.29 is 14.0 Å². The molecule has 0 radical (unpaired) electrons. The van der Waals surface area contributed by atoms with E-state index in [9.17, 15) is 4.79 Å². The average Bonchev–Trinajstić information content (AvgIpc) is 2.36. The second kappa shape index (κ2) is 6.87. The predicted octanol–water partition coefficient (Wildman–Crippen LogP) is 4.30. The molecule has 0 fully saturated rings. The molecule has 112 valence electrons. The molecule has 1 rings (SSSR count). The molecule has 2 atom stereocenters. The number of hydrogen-bond acceptors (Lipinski definition) is 3. The summed E-state index contributed by atoms with van der Waals surface area (Å²) in [5, 5.41) is 0. The van der Waals surface area contributed by atoms with E-state index in [2.05, 4.69) is 35.6 Å². The highest BCUT2D eigenvalue weighted by Gasteiger charge is 2.44. The molecule has 0 heterocycles. The molecule has 20 heavy (non-hydrogen) atoms. The molecule has 0 N–H and O–H groups in total. The van der Waals surface area contributed by atoms with E-state index in [4.69, 9.17) is 9.16 Å². The Morgan fingerprint density at radius 1 is 1.30 bits per heavy atom. The van der Waals surface area contributed by atoms with E-state index < -0.39 is 12.6 Å². The molecule has 0 aliphatic carbocycles. The lowest BCUT2D eigenvalue weighted by Gasteiger charge is -2.35. The van der Waals surface area contributed by atoms with Crippen LogP contribution < -0.4 is 0 Å². The number of ether oxygens (including phenoxy) is 1. The number of alkyl halides is 1. The normalized spacial score (nSPS) is 16.3. The van der Waals surface area contributed by atoms with Gasteiger partial charge < -0.3 is 9.16 Å². The summed E-state index contributed by atoms with van der Waals surface area (Å²) in [4.78, 5) is 12.2. The van der Waals surface area contributed by atoms with Gasteiger partial charge in [0, 0.05) is 0 Å². The maximum absolute atomic E-state index is 12.2. The van der Waals surface area contributed by atoms with Crippen molar-refractivity contribution in [1.29, 1.82) is 0 Å². The maximum Gasteiger partial charge on any atom is 0.325 e. The van der Waals surface area contributed by atoms with Crippen molar-refractivity contribution in [2.24, 2.45) is 0 Å². The topological polar surface area (TPSA) is 35.5 Å². The van der Waals surface area contributed by atoms with Gasteiger partial charge in [-0.25, -0.2) is 0 Å². The second-order valence-corrected chi connectivity index (χ2v) is 11.9. The van der Waals surface area contributed by atoms with Crippen LogP contribution in [0, 0.1) is 0 Å². The number of carbonyl (C=O) groups is 1. The van der Waals surface area contributed by atoms with Gasteiger partial charge in [0.1, 0.15) is 4.32 Å². The molecule has 0 aromatic heterocycles. The highest BCUT2D eigenvalue weighted by atomic mass is 79.9. The Kier molecular flexibility index (Phi) is 5.98. The summed E-state index contributed by atoms with van der Waals surface area (Å²) in [6.45, 7) is 10.3. The first-order chi connectivity index (χ1) is 9.18. The summed E-state index contributed by atoms with van der Waals surface area (Å²) in [6, 6.07) is 9.80. The van der Waals surface area contributed by atoms with Crippen molar-refractivity contribution in [1.82, 2.24) is 0 Å².